The maximum atomic E-state index is 12.7. The fraction of sp³-hybridized carbons (Fsp3) is 0.769. The molecule has 0 aliphatic heterocycles. The molecule has 10 nitrogen and oxygen atoms in total. The van der Waals surface area contributed by atoms with Crippen molar-refractivity contribution < 1.29 is 47.2 Å². The van der Waals surface area contributed by atoms with Gasteiger partial charge < -0.3 is 24.0 Å². The van der Waals surface area contributed by atoms with Crippen molar-refractivity contribution in [1.29, 1.82) is 0 Å². The molecule has 0 aliphatic rings. The van der Waals surface area contributed by atoms with E-state index in [0.717, 1.165) is 64.2 Å². The Hall–Kier alpha value is -2.33. The summed E-state index contributed by atoms with van der Waals surface area (Å²) >= 11 is 0. The zero-order valence-corrected chi connectivity index (χ0v) is 41.6. The van der Waals surface area contributed by atoms with E-state index in [1.807, 2.05) is 27.2 Å². The van der Waals surface area contributed by atoms with Gasteiger partial charge in [0, 0.05) is 19.4 Å². The first kappa shape index (κ1) is 60.7. The summed E-state index contributed by atoms with van der Waals surface area (Å²) in [7, 11) is 1.42. The average Bonchev–Trinajstić information content (AvgIpc) is 3.24. The van der Waals surface area contributed by atoms with Gasteiger partial charge in [-0.05, 0) is 83.5 Å². The van der Waals surface area contributed by atoms with Gasteiger partial charge in [-0.1, -0.05) is 164 Å². The topological polar surface area (TPSA) is 129 Å². The second kappa shape index (κ2) is 44.9. The molecule has 0 bridgehead atoms. The SMILES string of the molecule is CCCCCCCC/C=C\CCCCCCCCCCCCCC(=O)OC[C@H](COP(=O)(O)OCC[N+](C)(C)C)OC(=O)CCC/C=C\C/C=C\C/C=C\C/C=C\CCCCCO. The Morgan fingerprint density at radius 3 is 1.43 bits per heavy atom. The summed E-state index contributed by atoms with van der Waals surface area (Å²) in [5, 5.41) is 8.81. The summed E-state index contributed by atoms with van der Waals surface area (Å²) in [6.07, 6.45) is 52.9. The second-order valence-corrected chi connectivity index (χ2v) is 19.4. The number of phosphoric ester groups is 1. The Balaban J connectivity index is 4.33. The van der Waals surface area contributed by atoms with E-state index in [-0.39, 0.29) is 38.6 Å². The van der Waals surface area contributed by atoms with E-state index in [4.69, 9.17) is 23.6 Å². The summed E-state index contributed by atoms with van der Waals surface area (Å²) in [4.78, 5) is 35.5. The van der Waals surface area contributed by atoms with Gasteiger partial charge in [-0.25, -0.2) is 4.57 Å². The van der Waals surface area contributed by atoms with Crippen LogP contribution in [0.15, 0.2) is 60.8 Å². The Bertz CT molecular complexity index is 1260. The van der Waals surface area contributed by atoms with Crippen LogP contribution in [0.5, 0.6) is 0 Å². The molecule has 0 rings (SSSR count). The van der Waals surface area contributed by atoms with Crippen molar-refractivity contribution in [1.82, 2.24) is 0 Å². The lowest BCUT2D eigenvalue weighted by molar-refractivity contribution is -0.870. The number of allylic oxidation sites excluding steroid dienone is 10. The minimum absolute atomic E-state index is 0.0147. The number of phosphoric acid groups is 1. The summed E-state index contributed by atoms with van der Waals surface area (Å²) in [6, 6.07) is 0. The fourth-order valence-electron chi connectivity index (χ4n) is 6.63. The number of carbonyl (C=O) groups excluding carboxylic acids is 2. The highest BCUT2D eigenvalue weighted by atomic mass is 31.2. The summed E-state index contributed by atoms with van der Waals surface area (Å²) < 4.78 is 34.3. The van der Waals surface area contributed by atoms with Crippen LogP contribution in [0, 0.1) is 0 Å². The second-order valence-electron chi connectivity index (χ2n) is 17.9. The number of carbonyl (C=O) groups is 2. The minimum atomic E-state index is -4.40. The van der Waals surface area contributed by atoms with Crippen LogP contribution >= 0.6 is 7.82 Å². The highest BCUT2D eigenvalue weighted by Crippen LogP contribution is 2.43. The van der Waals surface area contributed by atoms with Crippen LogP contribution in [0.25, 0.3) is 0 Å². The number of esters is 2. The number of rotatable bonds is 46. The van der Waals surface area contributed by atoms with Gasteiger partial charge in [-0.2, -0.15) is 0 Å². The predicted molar refractivity (Wildman–Crippen MR) is 262 cm³/mol. The number of quaternary nitrogens is 1. The van der Waals surface area contributed by atoms with Gasteiger partial charge >= 0.3 is 19.8 Å². The zero-order chi connectivity index (χ0) is 46.4. The first-order valence-electron chi connectivity index (χ1n) is 25.1. The number of hydrogen-bond donors (Lipinski definition) is 2. The Morgan fingerprint density at radius 1 is 0.524 bits per heavy atom. The van der Waals surface area contributed by atoms with Crippen LogP contribution < -0.4 is 0 Å². The van der Waals surface area contributed by atoms with Gasteiger partial charge in [0.2, 0.25) is 0 Å². The molecule has 2 N–H and O–H groups in total. The third kappa shape index (κ3) is 49.0. The van der Waals surface area contributed by atoms with Crippen molar-refractivity contribution in [3.05, 3.63) is 60.8 Å². The summed E-state index contributed by atoms with van der Waals surface area (Å²) in [5.41, 5.74) is 0. The number of unbranched alkanes of at least 4 members (excludes halogenated alkanes) is 21. The van der Waals surface area contributed by atoms with Crippen molar-refractivity contribution in [2.24, 2.45) is 0 Å². The Labute approximate surface area is 386 Å². The van der Waals surface area contributed by atoms with Crippen LogP contribution in [0.2, 0.25) is 0 Å². The van der Waals surface area contributed by atoms with Crippen LogP contribution in [-0.4, -0.2) is 86.6 Å². The van der Waals surface area contributed by atoms with Crippen LogP contribution in [0.4, 0.5) is 0 Å². The molecule has 0 aromatic rings. The number of aliphatic hydroxyl groups is 1. The monoisotopic (exact) mass is 909 g/mol. The van der Waals surface area contributed by atoms with Crippen LogP contribution in [0.3, 0.4) is 0 Å². The summed E-state index contributed by atoms with van der Waals surface area (Å²) in [6.45, 7) is 2.36. The molecule has 11 heteroatoms. The molecule has 0 amide bonds. The van der Waals surface area contributed by atoms with Crippen molar-refractivity contribution in [3.8, 4) is 0 Å². The fourth-order valence-corrected chi connectivity index (χ4v) is 7.37. The van der Waals surface area contributed by atoms with E-state index in [1.54, 1.807) is 0 Å². The molecule has 0 heterocycles. The zero-order valence-electron chi connectivity index (χ0n) is 40.7. The van der Waals surface area contributed by atoms with Crippen molar-refractivity contribution in [2.75, 3.05) is 54.1 Å². The van der Waals surface area contributed by atoms with E-state index < -0.39 is 26.5 Å². The average molecular weight is 909 g/mol. The minimum Gasteiger partial charge on any atom is -0.462 e. The molecule has 0 aromatic carbocycles. The van der Waals surface area contributed by atoms with E-state index in [1.165, 1.54) is 103 Å². The van der Waals surface area contributed by atoms with Crippen LogP contribution in [0.1, 0.15) is 200 Å². The van der Waals surface area contributed by atoms with Crippen LogP contribution in [-0.2, 0) is 32.7 Å². The van der Waals surface area contributed by atoms with Gasteiger partial charge in [0.1, 0.15) is 19.8 Å². The van der Waals surface area contributed by atoms with Crippen molar-refractivity contribution >= 4 is 19.8 Å². The molecule has 366 valence electrons. The lowest BCUT2D eigenvalue weighted by atomic mass is 10.0. The maximum absolute atomic E-state index is 12.7. The first-order chi connectivity index (χ1) is 30.5. The molecule has 0 saturated carbocycles. The van der Waals surface area contributed by atoms with E-state index in [9.17, 15) is 19.0 Å². The molecule has 0 fully saturated rings. The van der Waals surface area contributed by atoms with E-state index >= 15 is 0 Å². The Morgan fingerprint density at radius 2 is 0.937 bits per heavy atom. The smallest absolute Gasteiger partial charge is 0.462 e. The predicted octanol–water partition coefficient (Wildman–Crippen LogP) is 13.8. The summed E-state index contributed by atoms with van der Waals surface area (Å²) in [5.74, 6) is -0.878. The van der Waals surface area contributed by atoms with Gasteiger partial charge in [0.15, 0.2) is 6.10 Å². The number of nitrogens with zero attached hydrogens (tertiary/aromatic N) is 1. The number of ether oxygens (including phenoxy) is 2. The van der Waals surface area contributed by atoms with E-state index in [0.29, 0.717) is 23.9 Å². The lowest BCUT2D eigenvalue weighted by Gasteiger charge is -2.24. The normalized spacial score (nSPS) is 13.9. The van der Waals surface area contributed by atoms with Gasteiger partial charge in [0.05, 0.1) is 27.7 Å². The third-order valence-corrected chi connectivity index (χ3v) is 11.6. The Kier molecular flexibility index (Phi) is 43.2. The van der Waals surface area contributed by atoms with Crippen molar-refractivity contribution in [3.63, 3.8) is 0 Å². The highest BCUT2D eigenvalue weighted by Gasteiger charge is 2.27. The van der Waals surface area contributed by atoms with E-state index in [2.05, 4.69) is 61.6 Å². The third-order valence-electron chi connectivity index (χ3n) is 10.6. The molecule has 0 aliphatic carbocycles. The number of aliphatic hydroxyl groups excluding tert-OH is 1. The molecular weight excluding hydrogens is 814 g/mol. The molecule has 0 aromatic heterocycles. The van der Waals surface area contributed by atoms with Gasteiger partial charge in [-0.15, -0.1) is 0 Å². The van der Waals surface area contributed by atoms with Crippen molar-refractivity contribution in [2.45, 2.75) is 206 Å². The molecule has 0 saturated heterocycles. The quantitative estimate of drug-likeness (QED) is 0.0202. The largest absolute Gasteiger partial charge is 0.472 e. The number of hydrogen-bond acceptors (Lipinski definition) is 8. The standard InChI is InChI=1S/C52H94NO9P/c1-5-6-7-8-9-10-11-12-13-14-15-16-17-19-22-25-28-31-34-37-40-43-51(55)59-48-50(49-61-63(57,58)60-47-45-53(2,3)4)62-52(56)44-41-38-35-32-29-26-23-20-18-21-24-27-30-33-36-39-42-46-54/h12-13,18,21,23,26-27,30,32,35,50,54H,5-11,14-17,19-20,22,24-25,28-29,31,33-34,36-49H2,1-4H3/p+1/b13-12-,21-18-,26-23-,30-27-,35-32-/t50-/m1/s1. The highest BCUT2D eigenvalue weighted by molar-refractivity contribution is 7.47. The first-order valence-corrected chi connectivity index (χ1v) is 26.6. The molecule has 1 unspecified atom stereocenters. The van der Waals surface area contributed by atoms with Gasteiger partial charge in [-0.3, -0.25) is 18.6 Å². The lowest BCUT2D eigenvalue weighted by Crippen LogP contribution is -2.37. The maximum Gasteiger partial charge on any atom is 0.472 e. The molecule has 2 atom stereocenters. The molecular formula is C52H95NO9P+. The number of likely N-dealkylation sites (N-methyl/N-ethyl adjacent to an activating group) is 1. The molecule has 0 radical (unpaired) electrons. The van der Waals surface area contributed by atoms with Gasteiger partial charge in [0.25, 0.3) is 0 Å². The molecule has 0 spiro atoms. The molecule has 63 heavy (non-hydrogen) atoms.